The van der Waals surface area contributed by atoms with Crippen LogP contribution in [0, 0.1) is 11.3 Å². The molecule has 2 aromatic rings. The fourth-order valence-electron chi connectivity index (χ4n) is 5.72. The smallest absolute Gasteiger partial charge is 0.229 e. The number of nitrogens with one attached hydrogen (secondary N) is 1. The molecule has 1 aliphatic carbocycles. The highest BCUT2D eigenvalue weighted by Gasteiger charge is 2.62. The molecule has 2 aliphatic rings. The largest absolute Gasteiger partial charge is 0.392 e. The number of halogens is 3. The zero-order valence-electron chi connectivity index (χ0n) is 16.3. The Morgan fingerprint density at radius 3 is 2.38 bits per heavy atom. The monoisotopic (exact) mass is 451 g/mol. The van der Waals surface area contributed by atoms with Crippen LogP contribution in [-0.4, -0.2) is 23.2 Å². The van der Waals surface area contributed by atoms with Crippen molar-refractivity contribution in [3.05, 3.63) is 68.7 Å². The van der Waals surface area contributed by atoms with Crippen LogP contribution in [-0.2, 0) is 4.79 Å². The fraction of sp³-hybridized carbons (Fsp3) is 0.435. The average Bonchev–Trinajstić information content (AvgIpc) is 2.93. The number of amides is 1. The van der Waals surface area contributed by atoms with Crippen molar-refractivity contribution in [2.24, 2.45) is 11.3 Å². The first-order valence-corrected chi connectivity index (χ1v) is 11.1. The number of carbonyl (C=O) groups excluding carboxylic acids is 1. The zero-order chi connectivity index (χ0) is 20.9. The Balaban J connectivity index is 1.89. The van der Waals surface area contributed by atoms with Crippen LogP contribution >= 0.6 is 34.8 Å². The normalized spacial score (nSPS) is 32.6. The molecule has 1 amide bonds. The summed E-state index contributed by atoms with van der Waals surface area (Å²) in [5.41, 5.74) is 1.32. The van der Waals surface area contributed by atoms with Crippen LogP contribution < -0.4 is 5.32 Å². The minimum absolute atomic E-state index is 0.00300. The van der Waals surface area contributed by atoms with E-state index in [-0.39, 0.29) is 29.7 Å². The second-order valence-corrected chi connectivity index (χ2v) is 9.67. The minimum Gasteiger partial charge on any atom is -0.392 e. The van der Waals surface area contributed by atoms with E-state index in [4.69, 9.17) is 34.8 Å². The summed E-state index contributed by atoms with van der Waals surface area (Å²) in [5, 5.41) is 15.8. The van der Waals surface area contributed by atoms with E-state index >= 15 is 0 Å². The van der Waals surface area contributed by atoms with Gasteiger partial charge in [-0.2, -0.15) is 0 Å². The molecule has 3 nitrogen and oxygen atoms in total. The van der Waals surface area contributed by atoms with Gasteiger partial charge in [0.2, 0.25) is 5.91 Å². The lowest BCUT2D eigenvalue weighted by molar-refractivity contribution is -0.139. The average molecular weight is 453 g/mol. The highest BCUT2D eigenvalue weighted by Crippen LogP contribution is 2.60. The summed E-state index contributed by atoms with van der Waals surface area (Å²) in [5.74, 6) is -0.0116. The Morgan fingerprint density at radius 1 is 1.10 bits per heavy atom. The molecule has 0 aromatic heterocycles. The van der Waals surface area contributed by atoms with Crippen molar-refractivity contribution in [1.29, 1.82) is 0 Å². The summed E-state index contributed by atoms with van der Waals surface area (Å²) in [6.07, 6.45) is 0.615. The number of aliphatic hydroxyl groups is 1. The van der Waals surface area contributed by atoms with Crippen molar-refractivity contribution in [3.8, 4) is 0 Å². The molecule has 4 rings (SSSR count). The number of fused-ring (bicyclic) bond motifs is 1. The van der Waals surface area contributed by atoms with Crippen LogP contribution in [0.25, 0.3) is 0 Å². The lowest BCUT2D eigenvalue weighted by Crippen LogP contribution is -2.50. The number of carbonyl (C=O) groups is 1. The molecule has 1 aliphatic heterocycles. The summed E-state index contributed by atoms with van der Waals surface area (Å²) in [4.78, 5) is 13.0. The first kappa shape index (κ1) is 21.0. The van der Waals surface area contributed by atoms with Crippen LogP contribution in [0.3, 0.4) is 0 Å². The Hall–Kier alpha value is -1.26. The molecular formula is C23H24Cl3NO2. The molecule has 6 unspecified atom stereocenters. The van der Waals surface area contributed by atoms with Gasteiger partial charge in [0.25, 0.3) is 0 Å². The quantitative estimate of drug-likeness (QED) is 0.617. The van der Waals surface area contributed by atoms with Gasteiger partial charge in [-0.3, -0.25) is 4.79 Å². The van der Waals surface area contributed by atoms with Gasteiger partial charge in [-0.15, -0.1) is 0 Å². The highest BCUT2D eigenvalue weighted by atomic mass is 35.5. The van der Waals surface area contributed by atoms with E-state index in [0.717, 1.165) is 17.5 Å². The third-order valence-electron chi connectivity index (χ3n) is 6.97. The van der Waals surface area contributed by atoms with Gasteiger partial charge in [0.05, 0.1) is 11.5 Å². The van der Waals surface area contributed by atoms with Crippen molar-refractivity contribution in [1.82, 2.24) is 5.32 Å². The number of hydrogen-bond donors (Lipinski definition) is 2. The third kappa shape index (κ3) is 3.37. The van der Waals surface area contributed by atoms with E-state index < -0.39 is 11.5 Å². The van der Waals surface area contributed by atoms with E-state index in [2.05, 4.69) is 5.32 Å². The Labute approximate surface area is 186 Å². The van der Waals surface area contributed by atoms with Crippen molar-refractivity contribution >= 4 is 40.7 Å². The molecule has 6 heteroatoms. The lowest BCUT2D eigenvalue weighted by Gasteiger charge is -2.49. The van der Waals surface area contributed by atoms with Gasteiger partial charge in [-0.1, -0.05) is 53.0 Å². The van der Waals surface area contributed by atoms with Gasteiger partial charge in [0.1, 0.15) is 0 Å². The maximum absolute atomic E-state index is 13.0. The first-order chi connectivity index (χ1) is 13.8. The molecule has 0 spiro atoms. The molecule has 6 atom stereocenters. The van der Waals surface area contributed by atoms with Crippen LogP contribution in [0.15, 0.2) is 42.5 Å². The summed E-state index contributed by atoms with van der Waals surface area (Å²) in [6, 6.07) is 13.4. The summed E-state index contributed by atoms with van der Waals surface area (Å²) in [7, 11) is 0. The third-order valence-corrected chi connectivity index (χ3v) is 7.78. The highest BCUT2D eigenvalue weighted by molar-refractivity contribution is 6.35. The van der Waals surface area contributed by atoms with E-state index in [1.165, 1.54) is 0 Å². The standard InChI is InChI=1S/C23H24Cl3NO2/c1-12-21-20(14-3-5-15(24)6-4-14)18(17-8-7-16(25)11-19(17)26)9-10-23(21,13(2)28)22(29)27-12/h3-8,11-13,18,20-21,28H,9-10H2,1-2H3,(H,27,29). The second kappa shape index (κ2) is 7.77. The number of aliphatic hydroxyl groups excluding tert-OH is 1. The molecule has 2 aromatic carbocycles. The molecule has 2 fully saturated rings. The predicted octanol–water partition coefficient (Wildman–Crippen LogP) is 5.81. The molecule has 2 N–H and O–H groups in total. The second-order valence-electron chi connectivity index (χ2n) is 8.39. The van der Waals surface area contributed by atoms with Crippen molar-refractivity contribution in [2.75, 3.05) is 0 Å². The Bertz CT molecular complexity index is 930. The maximum atomic E-state index is 13.0. The van der Waals surface area contributed by atoms with Gasteiger partial charge in [-0.25, -0.2) is 0 Å². The number of benzene rings is 2. The van der Waals surface area contributed by atoms with Gasteiger partial charge in [0, 0.05) is 27.0 Å². The molecule has 1 heterocycles. The Kier molecular flexibility index (Phi) is 5.63. The van der Waals surface area contributed by atoms with Crippen LogP contribution in [0.2, 0.25) is 15.1 Å². The molecule has 1 saturated heterocycles. The molecule has 0 radical (unpaired) electrons. The summed E-state index contributed by atoms with van der Waals surface area (Å²) < 4.78 is 0. The van der Waals surface area contributed by atoms with E-state index in [0.29, 0.717) is 21.5 Å². The number of rotatable bonds is 3. The molecule has 0 bridgehead atoms. The molecule has 154 valence electrons. The SMILES string of the molecule is CC1NC(=O)C2(C(C)O)CCC(c3ccc(Cl)cc3Cl)C(c3ccc(Cl)cc3)C12. The van der Waals surface area contributed by atoms with Crippen molar-refractivity contribution in [2.45, 2.75) is 50.7 Å². The molecular weight excluding hydrogens is 429 g/mol. The molecule has 1 saturated carbocycles. The lowest BCUT2D eigenvalue weighted by atomic mass is 9.53. The number of hydrogen-bond acceptors (Lipinski definition) is 2. The topological polar surface area (TPSA) is 49.3 Å². The van der Waals surface area contributed by atoms with Gasteiger partial charge < -0.3 is 10.4 Å². The minimum atomic E-state index is -0.806. The summed E-state index contributed by atoms with van der Waals surface area (Å²) >= 11 is 18.9. The fourth-order valence-corrected chi connectivity index (χ4v) is 6.39. The molecule has 29 heavy (non-hydrogen) atoms. The predicted molar refractivity (Wildman–Crippen MR) is 118 cm³/mol. The summed E-state index contributed by atoms with van der Waals surface area (Å²) in [6.45, 7) is 3.76. The van der Waals surface area contributed by atoms with Gasteiger partial charge in [-0.05, 0) is 73.9 Å². The van der Waals surface area contributed by atoms with E-state index in [1.807, 2.05) is 43.3 Å². The zero-order valence-corrected chi connectivity index (χ0v) is 18.6. The first-order valence-electron chi connectivity index (χ1n) is 9.95. The Morgan fingerprint density at radius 2 is 1.76 bits per heavy atom. The van der Waals surface area contributed by atoms with Crippen LogP contribution in [0.5, 0.6) is 0 Å². The van der Waals surface area contributed by atoms with Crippen molar-refractivity contribution < 1.29 is 9.90 Å². The van der Waals surface area contributed by atoms with E-state index in [1.54, 1.807) is 13.0 Å². The van der Waals surface area contributed by atoms with Crippen molar-refractivity contribution in [3.63, 3.8) is 0 Å². The van der Waals surface area contributed by atoms with Gasteiger partial charge in [0.15, 0.2) is 0 Å². The van der Waals surface area contributed by atoms with E-state index in [9.17, 15) is 9.90 Å². The maximum Gasteiger partial charge on any atom is 0.229 e. The van der Waals surface area contributed by atoms with Crippen LogP contribution in [0.1, 0.15) is 49.7 Å². The van der Waals surface area contributed by atoms with Crippen LogP contribution in [0.4, 0.5) is 0 Å². The van der Waals surface area contributed by atoms with Gasteiger partial charge >= 0.3 is 0 Å².